The number of hydrogen-bond donors (Lipinski definition) is 3. The Bertz CT molecular complexity index is 663. The van der Waals surface area contributed by atoms with Crippen molar-refractivity contribution in [3.05, 3.63) is 36.2 Å². The molecule has 0 aliphatic rings. The highest BCUT2D eigenvalue weighted by Gasteiger charge is 1.99. The van der Waals surface area contributed by atoms with E-state index in [0.29, 0.717) is 29.5 Å². The molecule has 0 saturated heterocycles. The molecule has 1 unspecified atom stereocenters. The quantitative estimate of drug-likeness (QED) is 0.618. The molecule has 0 saturated carbocycles. The molecule has 0 aromatic carbocycles. The lowest BCUT2D eigenvalue weighted by atomic mass is 10.4. The highest BCUT2D eigenvalue weighted by atomic mass is 16.1. The largest absolute Gasteiger partial charge is 0.346 e. The molecule has 9 nitrogen and oxygen atoms in total. The van der Waals surface area contributed by atoms with Gasteiger partial charge in [0.15, 0.2) is 12.6 Å². The predicted molar refractivity (Wildman–Crippen MR) is 101 cm³/mol. The first-order chi connectivity index (χ1) is 12.4. The first kappa shape index (κ1) is 23.2. The summed E-state index contributed by atoms with van der Waals surface area (Å²) in [6, 6.07) is 1.89. The van der Waals surface area contributed by atoms with Gasteiger partial charge in [-0.3, -0.25) is 14.4 Å². The third-order valence-electron chi connectivity index (χ3n) is 3.08. The number of rotatable bonds is 7. The lowest BCUT2D eigenvalue weighted by Crippen LogP contribution is -2.30. The van der Waals surface area contributed by atoms with Crippen molar-refractivity contribution in [2.45, 2.75) is 19.9 Å². The smallest absolute Gasteiger partial charge is 0.211 e. The molecule has 2 aromatic rings. The van der Waals surface area contributed by atoms with E-state index >= 15 is 0 Å². The van der Waals surface area contributed by atoms with Crippen LogP contribution in [0.2, 0.25) is 0 Å². The second-order valence-electron chi connectivity index (χ2n) is 5.48. The average Bonchev–Trinajstić information content (AvgIpc) is 3.19. The second kappa shape index (κ2) is 13.5. The minimum atomic E-state index is 0.292. The highest BCUT2D eigenvalue weighted by molar-refractivity contribution is 5.79. The van der Waals surface area contributed by atoms with E-state index < -0.39 is 0 Å². The van der Waals surface area contributed by atoms with E-state index in [1.165, 1.54) is 6.20 Å². The monoisotopic (exact) mass is 364 g/mol. The maximum absolute atomic E-state index is 10.3. The van der Waals surface area contributed by atoms with Gasteiger partial charge in [0.25, 0.3) is 0 Å². The minimum Gasteiger partial charge on any atom is -0.346 e. The number of nitrogens with one attached hydrogen (secondary N) is 2. The number of amides is 1. The van der Waals surface area contributed by atoms with E-state index in [1.807, 2.05) is 6.92 Å². The number of nitrogens with zero attached hydrogens (tertiary/aromatic N) is 3. The molecule has 0 fully saturated rings. The second-order valence-corrected chi connectivity index (χ2v) is 5.48. The fraction of sp³-hybridized carbons (Fsp3) is 0.412. The zero-order valence-electron chi connectivity index (χ0n) is 15.7. The Balaban J connectivity index is 0.000000373. The zero-order chi connectivity index (χ0) is 19.9. The van der Waals surface area contributed by atoms with Gasteiger partial charge in [-0.1, -0.05) is 6.92 Å². The van der Waals surface area contributed by atoms with Crippen molar-refractivity contribution in [3.63, 3.8) is 0 Å². The van der Waals surface area contributed by atoms with Crippen LogP contribution in [0.5, 0.6) is 0 Å². The van der Waals surface area contributed by atoms with E-state index in [2.05, 4.69) is 22.5 Å². The van der Waals surface area contributed by atoms with E-state index in [9.17, 15) is 14.4 Å². The van der Waals surface area contributed by atoms with Gasteiger partial charge in [0.1, 0.15) is 5.69 Å². The Kier molecular flexibility index (Phi) is 12.1. The van der Waals surface area contributed by atoms with Gasteiger partial charge in [0, 0.05) is 32.9 Å². The Hall–Kier alpha value is -2.78. The number of likely N-dealkylation sites (N-methyl/N-ethyl adjacent to an activating group) is 1. The van der Waals surface area contributed by atoms with Gasteiger partial charge in [0.2, 0.25) is 6.41 Å². The van der Waals surface area contributed by atoms with Crippen molar-refractivity contribution in [1.82, 2.24) is 19.4 Å². The van der Waals surface area contributed by atoms with Gasteiger partial charge >= 0.3 is 0 Å². The standard InChI is InChI=1S/C7H8N2O2.C5H6N2O.C5H14N2/c1-9-3-6(8-5-11)2-7(9)4-10;1-7-4-6-2-5(7)3-8;1-3-7-4-5(2)6/h2-5H,1H3,(H,8,11);2-4H,1H3;5,7H,3-4,6H2,1-2H3. The number of aryl methyl sites for hydroxylation is 2. The molecule has 0 aliphatic heterocycles. The average molecular weight is 364 g/mol. The number of aromatic nitrogens is 3. The van der Waals surface area contributed by atoms with Crippen molar-refractivity contribution >= 4 is 24.7 Å². The van der Waals surface area contributed by atoms with Crippen LogP contribution in [0.1, 0.15) is 34.8 Å². The van der Waals surface area contributed by atoms with Crippen molar-refractivity contribution < 1.29 is 14.4 Å². The number of hydrogen-bond acceptors (Lipinski definition) is 6. The van der Waals surface area contributed by atoms with Gasteiger partial charge in [-0.25, -0.2) is 4.98 Å². The van der Waals surface area contributed by atoms with E-state index in [0.717, 1.165) is 25.7 Å². The number of nitrogens with two attached hydrogens (primary N) is 1. The van der Waals surface area contributed by atoms with Crippen LogP contribution in [0.15, 0.2) is 24.8 Å². The predicted octanol–water partition coefficient (Wildman–Crippen LogP) is 0.582. The molecule has 2 heterocycles. The fourth-order valence-corrected chi connectivity index (χ4v) is 1.70. The molecule has 144 valence electrons. The Labute approximate surface area is 153 Å². The molecule has 1 amide bonds. The first-order valence-corrected chi connectivity index (χ1v) is 8.09. The summed E-state index contributed by atoms with van der Waals surface area (Å²) in [5.41, 5.74) is 7.18. The zero-order valence-corrected chi connectivity index (χ0v) is 15.7. The number of imidazole rings is 1. The van der Waals surface area contributed by atoms with Crippen molar-refractivity contribution in [3.8, 4) is 0 Å². The Morgan fingerprint density at radius 1 is 1.19 bits per heavy atom. The molecule has 0 aliphatic carbocycles. The Morgan fingerprint density at radius 3 is 2.15 bits per heavy atom. The summed E-state index contributed by atoms with van der Waals surface area (Å²) >= 11 is 0. The van der Waals surface area contributed by atoms with Crippen LogP contribution in [0.4, 0.5) is 5.69 Å². The summed E-state index contributed by atoms with van der Waals surface area (Å²) in [5.74, 6) is 0. The third kappa shape index (κ3) is 9.50. The van der Waals surface area contributed by atoms with Gasteiger partial charge in [-0.2, -0.15) is 0 Å². The van der Waals surface area contributed by atoms with Crippen LogP contribution in [0.25, 0.3) is 0 Å². The summed E-state index contributed by atoms with van der Waals surface area (Å²) in [4.78, 5) is 34.0. The molecule has 4 N–H and O–H groups in total. The Morgan fingerprint density at radius 2 is 1.85 bits per heavy atom. The molecule has 26 heavy (non-hydrogen) atoms. The van der Waals surface area contributed by atoms with Gasteiger partial charge < -0.3 is 25.5 Å². The van der Waals surface area contributed by atoms with E-state index in [-0.39, 0.29) is 0 Å². The summed E-state index contributed by atoms with van der Waals surface area (Å²) in [6.07, 6.45) is 6.85. The molecule has 9 heteroatoms. The van der Waals surface area contributed by atoms with Crippen molar-refractivity contribution in [2.24, 2.45) is 19.8 Å². The lowest BCUT2D eigenvalue weighted by molar-refractivity contribution is -0.105. The molecular formula is C17H28N6O3. The molecule has 2 rings (SSSR count). The number of carbonyl (C=O) groups is 3. The van der Waals surface area contributed by atoms with Crippen molar-refractivity contribution in [2.75, 3.05) is 18.4 Å². The normalized spacial score (nSPS) is 10.5. The van der Waals surface area contributed by atoms with Gasteiger partial charge in [-0.15, -0.1) is 0 Å². The first-order valence-electron chi connectivity index (χ1n) is 8.09. The van der Waals surface area contributed by atoms with Gasteiger partial charge in [-0.05, 0) is 19.5 Å². The molecule has 0 bridgehead atoms. The van der Waals surface area contributed by atoms with E-state index in [4.69, 9.17) is 5.73 Å². The van der Waals surface area contributed by atoms with Crippen LogP contribution in [-0.4, -0.2) is 52.2 Å². The number of aldehydes is 2. The topological polar surface area (TPSA) is 124 Å². The van der Waals surface area contributed by atoms with Crippen LogP contribution in [0.3, 0.4) is 0 Å². The summed E-state index contributed by atoms with van der Waals surface area (Å²) in [6.45, 7) is 6.00. The van der Waals surface area contributed by atoms with E-state index in [1.54, 1.807) is 41.8 Å². The maximum Gasteiger partial charge on any atom is 0.211 e. The van der Waals surface area contributed by atoms with Crippen LogP contribution >= 0.6 is 0 Å². The summed E-state index contributed by atoms with van der Waals surface area (Å²) in [7, 11) is 3.51. The highest BCUT2D eigenvalue weighted by Crippen LogP contribution is 2.09. The fourth-order valence-electron chi connectivity index (χ4n) is 1.70. The molecule has 0 radical (unpaired) electrons. The number of anilines is 1. The lowest BCUT2D eigenvalue weighted by Gasteiger charge is -2.02. The third-order valence-corrected chi connectivity index (χ3v) is 3.08. The van der Waals surface area contributed by atoms with Gasteiger partial charge in [0.05, 0.1) is 23.9 Å². The molecular weight excluding hydrogens is 336 g/mol. The molecule has 0 spiro atoms. The maximum atomic E-state index is 10.3. The summed E-state index contributed by atoms with van der Waals surface area (Å²) in [5, 5.41) is 5.57. The van der Waals surface area contributed by atoms with Crippen LogP contribution < -0.4 is 16.4 Å². The van der Waals surface area contributed by atoms with Crippen LogP contribution in [-0.2, 0) is 18.9 Å². The summed E-state index contributed by atoms with van der Waals surface area (Å²) < 4.78 is 3.30. The van der Waals surface area contributed by atoms with Crippen LogP contribution in [0, 0.1) is 0 Å². The van der Waals surface area contributed by atoms with Crippen molar-refractivity contribution in [1.29, 1.82) is 0 Å². The molecule has 1 atom stereocenters. The number of carbonyl (C=O) groups excluding carboxylic acids is 3. The molecule has 2 aromatic heterocycles. The SMILES string of the molecule is CCNCC(C)N.Cn1cc(NC=O)cc1C=O.Cn1cncc1C=O. The minimum absolute atomic E-state index is 0.292.